The van der Waals surface area contributed by atoms with E-state index in [1.165, 1.54) is 23.4 Å². The minimum absolute atomic E-state index is 0.287. The summed E-state index contributed by atoms with van der Waals surface area (Å²) in [6.45, 7) is 7.20. The van der Waals surface area contributed by atoms with Gasteiger partial charge in [-0.3, -0.25) is 4.98 Å². The normalized spacial score (nSPS) is 23.1. The maximum atomic E-state index is 9.48. The Morgan fingerprint density at radius 1 is 1.09 bits per heavy atom. The third-order valence-corrected chi connectivity index (χ3v) is 7.22. The molecule has 2 aliphatic rings. The van der Waals surface area contributed by atoms with Gasteiger partial charge in [-0.15, -0.1) is 0 Å². The predicted molar refractivity (Wildman–Crippen MR) is 139 cm³/mol. The summed E-state index contributed by atoms with van der Waals surface area (Å²) >= 11 is 0. The van der Waals surface area contributed by atoms with Crippen LogP contribution in [0.25, 0.3) is 10.9 Å². The van der Waals surface area contributed by atoms with Crippen molar-refractivity contribution in [2.75, 3.05) is 36.0 Å². The Kier molecular flexibility index (Phi) is 6.66. The average molecular weight is 455 g/mol. The third-order valence-electron chi connectivity index (χ3n) is 7.22. The van der Waals surface area contributed by atoms with Crippen molar-refractivity contribution in [1.29, 1.82) is 5.26 Å². The molecular formula is C28H34N6. The quantitative estimate of drug-likeness (QED) is 0.606. The van der Waals surface area contributed by atoms with E-state index in [2.05, 4.69) is 69.5 Å². The van der Waals surface area contributed by atoms with Crippen LogP contribution in [0.15, 0.2) is 54.7 Å². The molecule has 3 N–H and O–H groups in total. The Bertz CT molecular complexity index is 1170. The Hall–Kier alpha value is -3.14. The molecule has 0 bridgehead atoms. The van der Waals surface area contributed by atoms with Crippen LogP contribution in [0.1, 0.15) is 37.3 Å². The van der Waals surface area contributed by atoms with Gasteiger partial charge in [0.1, 0.15) is 6.07 Å². The van der Waals surface area contributed by atoms with Crippen LogP contribution < -0.4 is 20.9 Å². The first kappa shape index (κ1) is 22.6. The lowest BCUT2D eigenvalue weighted by Gasteiger charge is -2.39. The van der Waals surface area contributed by atoms with Gasteiger partial charge in [0.25, 0.3) is 0 Å². The van der Waals surface area contributed by atoms with Crippen molar-refractivity contribution in [1.82, 2.24) is 10.3 Å². The van der Waals surface area contributed by atoms with Crippen LogP contribution >= 0.6 is 0 Å². The molecule has 0 amide bonds. The van der Waals surface area contributed by atoms with E-state index in [-0.39, 0.29) is 6.04 Å². The molecule has 34 heavy (non-hydrogen) atoms. The number of hydrogen-bond donors (Lipinski definition) is 2. The number of hydrogen-bond acceptors (Lipinski definition) is 6. The van der Waals surface area contributed by atoms with E-state index in [1.807, 2.05) is 12.1 Å². The van der Waals surface area contributed by atoms with Gasteiger partial charge in [0.2, 0.25) is 0 Å². The van der Waals surface area contributed by atoms with Gasteiger partial charge in [0.15, 0.2) is 0 Å². The van der Waals surface area contributed by atoms with E-state index >= 15 is 0 Å². The lowest BCUT2D eigenvalue weighted by atomic mass is 9.94. The molecular weight excluding hydrogens is 420 g/mol. The summed E-state index contributed by atoms with van der Waals surface area (Å²) in [5.74, 6) is 0.583. The van der Waals surface area contributed by atoms with Crippen LogP contribution in [0.2, 0.25) is 0 Å². The van der Waals surface area contributed by atoms with Gasteiger partial charge < -0.3 is 20.9 Å². The Labute approximate surface area is 202 Å². The number of pyridine rings is 1. The second-order valence-corrected chi connectivity index (χ2v) is 9.98. The SMILES string of the molecule is C[C@H]1C[C@@H](NCc2ccc(N3CCCC(N)C3)cc2)CN(c2ccc(C#N)c3ncccc23)C1. The first-order valence-electron chi connectivity index (χ1n) is 12.5. The highest BCUT2D eigenvalue weighted by atomic mass is 15.2. The molecule has 0 spiro atoms. The second-order valence-electron chi connectivity index (χ2n) is 9.98. The Morgan fingerprint density at radius 3 is 2.74 bits per heavy atom. The van der Waals surface area contributed by atoms with Crippen molar-refractivity contribution in [2.24, 2.45) is 11.7 Å². The number of nitrogens with two attached hydrogens (primary N) is 1. The van der Waals surface area contributed by atoms with E-state index in [4.69, 9.17) is 5.73 Å². The number of nitrogens with one attached hydrogen (secondary N) is 1. The molecule has 2 saturated heterocycles. The number of anilines is 2. The van der Waals surface area contributed by atoms with E-state index in [0.717, 1.165) is 56.5 Å². The zero-order valence-corrected chi connectivity index (χ0v) is 20.0. The van der Waals surface area contributed by atoms with E-state index in [0.29, 0.717) is 17.5 Å². The van der Waals surface area contributed by atoms with Crippen molar-refractivity contribution in [3.8, 4) is 6.07 Å². The van der Waals surface area contributed by atoms with Crippen LogP contribution in [0.5, 0.6) is 0 Å². The smallest absolute Gasteiger partial charge is 0.101 e. The number of piperidine rings is 2. The monoisotopic (exact) mass is 454 g/mol. The summed E-state index contributed by atoms with van der Waals surface area (Å²) in [6, 6.07) is 20.0. The summed E-state index contributed by atoms with van der Waals surface area (Å²) < 4.78 is 0. The molecule has 0 radical (unpaired) electrons. The lowest BCUT2D eigenvalue weighted by Crippen LogP contribution is -2.48. The average Bonchev–Trinajstić information content (AvgIpc) is 2.87. The fourth-order valence-electron chi connectivity index (χ4n) is 5.55. The van der Waals surface area contributed by atoms with Gasteiger partial charge in [0, 0.05) is 67.8 Å². The molecule has 1 aromatic heterocycles. The molecule has 2 fully saturated rings. The molecule has 0 saturated carbocycles. The summed E-state index contributed by atoms with van der Waals surface area (Å²) in [7, 11) is 0. The summed E-state index contributed by atoms with van der Waals surface area (Å²) in [5.41, 5.74) is 11.3. The highest BCUT2D eigenvalue weighted by Crippen LogP contribution is 2.31. The van der Waals surface area contributed by atoms with Crippen LogP contribution in [0.4, 0.5) is 11.4 Å². The Morgan fingerprint density at radius 2 is 1.94 bits per heavy atom. The number of rotatable bonds is 5. The number of nitrogens with zero attached hydrogens (tertiary/aromatic N) is 4. The molecule has 3 aromatic rings. The molecule has 3 heterocycles. The molecule has 3 atom stereocenters. The fraction of sp³-hybridized carbons (Fsp3) is 0.429. The third kappa shape index (κ3) is 4.86. The Balaban J connectivity index is 1.25. The summed E-state index contributed by atoms with van der Waals surface area (Å²) in [5, 5.41) is 14.3. The topological polar surface area (TPSA) is 81.2 Å². The molecule has 1 unspecified atom stereocenters. The molecule has 176 valence electrons. The van der Waals surface area contributed by atoms with Crippen molar-refractivity contribution in [3.63, 3.8) is 0 Å². The van der Waals surface area contributed by atoms with Crippen molar-refractivity contribution in [2.45, 2.75) is 44.8 Å². The molecule has 2 aromatic carbocycles. The van der Waals surface area contributed by atoms with Crippen molar-refractivity contribution < 1.29 is 0 Å². The molecule has 2 aliphatic heterocycles. The number of benzene rings is 2. The van der Waals surface area contributed by atoms with Gasteiger partial charge in [-0.25, -0.2) is 0 Å². The minimum Gasteiger partial charge on any atom is -0.370 e. The lowest BCUT2D eigenvalue weighted by molar-refractivity contribution is 0.350. The zero-order chi connectivity index (χ0) is 23.5. The highest BCUT2D eigenvalue weighted by Gasteiger charge is 2.26. The highest BCUT2D eigenvalue weighted by molar-refractivity contribution is 5.95. The predicted octanol–water partition coefficient (Wildman–Crippen LogP) is 4.04. The first-order valence-corrected chi connectivity index (χ1v) is 12.5. The number of fused-ring (bicyclic) bond motifs is 1. The second kappa shape index (κ2) is 10.0. The maximum Gasteiger partial charge on any atom is 0.101 e. The van der Waals surface area contributed by atoms with E-state index in [1.54, 1.807) is 6.20 Å². The molecule has 5 rings (SSSR count). The van der Waals surface area contributed by atoms with E-state index in [9.17, 15) is 5.26 Å². The van der Waals surface area contributed by atoms with Gasteiger partial charge >= 0.3 is 0 Å². The van der Waals surface area contributed by atoms with Crippen LogP contribution in [-0.4, -0.2) is 43.2 Å². The summed E-state index contributed by atoms with van der Waals surface area (Å²) in [4.78, 5) is 9.35. The van der Waals surface area contributed by atoms with E-state index < -0.39 is 0 Å². The van der Waals surface area contributed by atoms with Crippen LogP contribution in [0.3, 0.4) is 0 Å². The maximum absolute atomic E-state index is 9.48. The first-order chi connectivity index (χ1) is 16.6. The molecule has 0 aliphatic carbocycles. The van der Waals surface area contributed by atoms with Gasteiger partial charge in [-0.2, -0.15) is 5.26 Å². The molecule has 6 nitrogen and oxygen atoms in total. The number of nitriles is 1. The number of aromatic nitrogens is 1. The van der Waals surface area contributed by atoms with Gasteiger partial charge in [0.05, 0.1) is 11.1 Å². The summed E-state index contributed by atoms with van der Waals surface area (Å²) in [6.07, 6.45) is 5.23. The fourth-order valence-corrected chi connectivity index (χ4v) is 5.55. The van der Waals surface area contributed by atoms with Gasteiger partial charge in [-0.05, 0) is 67.1 Å². The van der Waals surface area contributed by atoms with Crippen molar-refractivity contribution in [3.05, 3.63) is 65.9 Å². The van der Waals surface area contributed by atoms with Crippen LogP contribution in [0, 0.1) is 17.2 Å². The van der Waals surface area contributed by atoms with Crippen molar-refractivity contribution >= 4 is 22.3 Å². The molecule has 6 heteroatoms. The largest absolute Gasteiger partial charge is 0.370 e. The standard InChI is InChI=1S/C28H34N6/c1-20-14-24(32-16-21-6-9-25(10-7-21)33-13-3-4-23(30)18-33)19-34(17-20)27-11-8-22(15-29)28-26(27)5-2-12-31-28/h2,5-12,20,23-24,32H,3-4,13-14,16-19,30H2,1H3/t20-,23?,24+/m0/s1. The van der Waals surface area contributed by atoms with Gasteiger partial charge in [-0.1, -0.05) is 19.1 Å². The minimum atomic E-state index is 0.287. The van der Waals surface area contributed by atoms with Crippen LogP contribution in [-0.2, 0) is 6.54 Å². The zero-order valence-electron chi connectivity index (χ0n) is 20.0.